The number of hydrogen-bond donors (Lipinski definition) is 2. The average molecular weight is 406 g/mol. The highest BCUT2D eigenvalue weighted by molar-refractivity contribution is 14.0. The van der Waals surface area contributed by atoms with Gasteiger partial charge in [0.1, 0.15) is 0 Å². The number of aryl methyl sites for hydroxylation is 2. The number of thiophene rings is 1. The lowest BCUT2D eigenvalue weighted by Crippen LogP contribution is -2.36. The molecule has 0 aliphatic rings. The van der Waals surface area contributed by atoms with Crippen molar-refractivity contribution in [2.45, 2.75) is 26.9 Å². The van der Waals surface area contributed by atoms with Gasteiger partial charge in [0, 0.05) is 22.9 Å². The lowest BCUT2D eigenvalue weighted by atomic mass is 10.4. The fourth-order valence-corrected chi connectivity index (χ4v) is 2.47. The molecule has 0 bridgehead atoms. The topological polar surface area (TPSA) is 62.5 Å². The van der Waals surface area contributed by atoms with Crippen LogP contribution < -0.4 is 10.6 Å². The smallest absolute Gasteiger partial charge is 0.191 e. The van der Waals surface area contributed by atoms with Crippen LogP contribution in [0.2, 0.25) is 0 Å². The Morgan fingerprint density at radius 3 is 2.60 bits per heavy atom. The molecule has 2 N–H and O–H groups in total. The highest BCUT2D eigenvalue weighted by Gasteiger charge is 2.03. The van der Waals surface area contributed by atoms with Gasteiger partial charge < -0.3 is 15.2 Å². The molecule has 2 heterocycles. The van der Waals surface area contributed by atoms with Crippen LogP contribution in [-0.4, -0.2) is 18.2 Å². The highest BCUT2D eigenvalue weighted by Crippen LogP contribution is 2.14. The van der Waals surface area contributed by atoms with Crippen LogP contribution in [0.4, 0.5) is 0 Å². The van der Waals surface area contributed by atoms with Crippen molar-refractivity contribution >= 4 is 41.3 Å². The summed E-state index contributed by atoms with van der Waals surface area (Å²) in [5.74, 6) is 1.55. The summed E-state index contributed by atoms with van der Waals surface area (Å²) in [7, 11) is 1.75. The molecule has 110 valence electrons. The van der Waals surface area contributed by atoms with Gasteiger partial charge in [0.2, 0.25) is 0 Å². The molecular weight excluding hydrogens is 387 g/mol. The Hall–Kier alpha value is -1.09. The number of guanidine groups is 1. The Balaban J connectivity index is 0.00000200. The van der Waals surface area contributed by atoms with E-state index in [-0.39, 0.29) is 24.0 Å². The number of hydrogen-bond acceptors (Lipinski definition) is 4. The van der Waals surface area contributed by atoms with Gasteiger partial charge in [-0.25, -0.2) is 0 Å². The first-order valence-corrected chi connectivity index (χ1v) is 6.91. The Bertz CT molecular complexity index is 518. The number of halogens is 1. The first kappa shape index (κ1) is 17.0. The van der Waals surface area contributed by atoms with Gasteiger partial charge in [-0.3, -0.25) is 4.99 Å². The van der Waals surface area contributed by atoms with Crippen molar-refractivity contribution < 1.29 is 4.52 Å². The van der Waals surface area contributed by atoms with Crippen LogP contribution in [-0.2, 0) is 13.1 Å². The average Bonchev–Trinajstić information content (AvgIpc) is 2.99. The van der Waals surface area contributed by atoms with E-state index in [2.05, 4.69) is 39.8 Å². The van der Waals surface area contributed by atoms with Gasteiger partial charge >= 0.3 is 0 Å². The molecular formula is C13H19IN4OS. The molecule has 0 unspecified atom stereocenters. The van der Waals surface area contributed by atoms with E-state index in [0.29, 0.717) is 6.54 Å². The predicted molar refractivity (Wildman–Crippen MR) is 92.7 cm³/mol. The van der Waals surface area contributed by atoms with Crippen LogP contribution in [0, 0.1) is 13.8 Å². The van der Waals surface area contributed by atoms with Gasteiger partial charge in [-0.2, -0.15) is 0 Å². The SMILES string of the molecule is CN=C(NCc1cc(C)no1)NCc1ccc(C)s1.I. The normalized spacial score (nSPS) is 11.1. The maximum absolute atomic E-state index is 5.13. The zero-order valence-electron chi connectivity index (χ0n) is 11.8. The molecule has 0 saturated carbocycles. The van der Waals surface area contributed by atoms with Crippen LogP contribution in [0.25, 0.3) is 0 Å². The van der Waals surface area contributed by atoms with Gasteiger partial charge in [-0.15, -0.1) is 35.3 Å². The van der Waals surface area contributed by atoms with Gasteiger partial charge in [0.15, 0.2) is 11.7 Å². The maximum atomic E-state index is 5.13. The Labute approximate surface area is 139 Å². The minimum absolute atomic E-state index is 0. The summed E-state index contributed by atoms with van der Waals surface area (Å²) in [6.07, 6.45) is 0. The molecule has 20 heavy (non-hydrogen) atoms. The Kier molecular flexibility index (Phi) is 7.00. The third-order valence-electron chi connectivity index (χ3n) is 2.56. The monoisotopic (exact) mass is 406 g/mol. The second-order valence-corrected chi connectivity index (χ2v) is 5.60. The van der Waals surface area contributed by atoms with E-state index in [9.17, 15) is 0 Å². The Morgan fingerprint density at radius 2 is 2.05 bits per heavy atom. The van der Waals surface area contributed by atoms with E-state index in [0.717, 1.165) is 24.0 Å². The van der Waals surface area contributed by atoms with Crippen molar-refractivity contribution in [1.82, 2.24) is 15.8 Å². The minimum Gasteiger partial charge on any atom is -0.359 e. The number of nitrogens with zero attached hydrogens (tertiary/aromatic N) is 2. The first-order valence-electron chi connectivity index (χ1n) is 6.09. The zero-order chi connectivity index (χ0) is 13.7. The van der Waals surface area contributed by atoms with E-state index in [1.165, 1.54) is 9.75 Å². The minimum atomic E-state index is 0. The fraction of sp³-hybridized carbons (Fsp3) is 0.385. The summed E-state index contributed by atoms with van der Waals surface area (Å²) < 4.78 is 5.13. The van der Waals surface area contributed by atoms with Gasteiger partial charge in [0.05, 0.1) is 18.8 Å². The van der Waals surface area contributed by atoms with E-state index in [1.54, 1.807) is 18.4 Å². The molecule has 0 aromatic carbocycles. The van der Waals surface area contributed by atoms with Crippen molar-refractivity contribution in [3.63, 3.8) is 0 Å². The van der Waals surface area contributed by atoms with Crippen molar-refractivity contribution in [2.24, 2.45) is 4.99 Å². The molecule has 0 spiro atoms. The molecule has 0 radical (unpaired) electrons. The molecule has 0 amide bonds. The highest BCUT2D eigenvalue weighted by atomic mass is 127. The fourth-order valence-electron chi connectivity index (χ4n) is 1.64. The third kappa shape index (κ3) is 5.12. The van der Waals surface area contributed by atoms with Crippen molar-refractivity contribution in [2.75, 3.05) is 7.05 Å². The molecule has 0 aliphatic heterocycles. The molecule has 5 nitrogen and oxygen atoms in total. The summed E-state index contributed by atoms with van der Waals surface area (Å²) in [6.45, 7) is 5.35. The second kappa shape index (κ2) is 8.25. The van der Waals surface area contributed by atoms with Gasteiger partial charge in [0.25, 0.3) is 0 Å². The van der Waals surface area contributed by atoms with Crippen LogP contribution in [0.1, 0.15) is 21.2 Å². The van der Waals surface area contributed by atoms with Crippen molar-refractivity contribution in [3.8, 4) is 0 Å². The number of aliphatic imine (C=N–C) groups is 1. The molecule has 0 atom stereocenters. The molecule has 0 fully saturated rings. The number of aromatic nitrogens is 1. The van der Waals surface area contributed by atoms with Gasteiger partial charge in [-0.05, 0) is 26.0 Å². The first-order chi connectivity index (χ1) is 9.17. The standard InChI is InChI=1S/C13H18N4OS.HI/c1-9-6-11(18-17-9)7-15-13(14-3)16-8-12-5-4-10(2)19-12;/h4-6H,7-8H2,1-3H3,(H2,14,15,16);1H. The largest absolute Gasteiger partial charge is 0.359 e. The van der Waals surface area contributed by atoms with Gasteiger partial charge in [-0.1, -0.05) is 5.16 Å². The second-order valence-electron chi connectivity index (χ2n) is 4.23. The Morgan fingerprint density at radius 1 is 1.30 bits per heavy atom. The summed E-state index contributed by atoms with van der Waals surface area (Å²) in [6, 6.07) is 6.15. The zero-order valence-corrected chi connectivity index (χ0v) is 14.9. The summed E-state index contributed by atoms with van der Waals surface area (Å²) >= 11 is 1.78. The predicted octanol–water partition coefficient (Wildman–Crippen LogP) is 2.84. The van der Waals surface area contributed by atoms with E-state index < -0.39 is 0 Å². The lowest BCUT2D eigenvalue weighted by molar-refractivity contribution is 0.376. The number of rotatable bonds is 4. The van der Waals surface area contributed by atoms with Crippen molar-refractivity contribution in [3.05, 3.63) is 39.4 Å². The van der Waals surface area contributed by atoms with E-state index >= 15 is 0 Å². The molecule has 0 aliphatic carbocycles. The summed E-state index contributed by atoms with van der Waals surface area (Å²) in [5, 5.41) is 10.3. The van der Waals surface area contributed by atoms with Crippen LogP contribution in [0.15, 0.2) is 27.7 Å². The maximum Gasteiger partial charge on any atom is 0.191 e. The number of nitrogens with one attached hydrogen (secondary N) is 2. The quantitative estimate of drug-likeness (QED) is 0.466. The molecule has 2 rings (SSSR count). The molecule has 2 aromatic heterocycles. The molecule has 7 heteroatoms. The van der Waals surface area contributed by atoms with Crippen LogP contribution >= 0.6 is 35.3 Å². The van der Waals surface area contributed by atoms with E-state index in [1.807, 2.05) is 13.0 Å². The van der Waals surface area contributed by atoms with E-state index in [4.69, 9.17) is 4.52 Å². The van der Waals surface area contributed by atoms with Crippen LogP contribution in [0.5, 0.6) is 0 Å². The summed E-state index contributed by atoms with van der Waals surface area (Å²) in [5.41, 5.74) is 0.883. The molecule has 0 saturated heterocycles. The lowest BCUT2D eigenvalue weighted by Gasteiger charge is -2.09. The van der Waals surface area contributed by atoms with Crippen molar-refractivity contribution in [1.29, 1.82) is 0 Å². The molecule has 2 aromatic rings. The van der Waals surface area contributed by atoms with Crippen LogP contribution in [0.3, 0.4) is 0 Å². The third-order valence-corrected chi connectivity index (χ3v) is 3.56. The summed E-state index contributed by atoms with van der Waals surface area (Å²) in [4.78, 5) is 6.77.